The van der Waals surface area contributed by atoms with Crippen LogP contribution >= 0.6 is 11.3 Å². The number of likely N-dealkylation sites (tertiary alicyclic amines) is 1. The van der Waals surface area contributed by atoms with E-state index in [9.17, 15) is 0 Å². The van der Waals surface area contributed by atoms with Crippen molar-refractivity contribution in [2.24, 2.45) is 11.8 Å². The van der Waals surface area contributed by atoms with Crippen LogP contribution in [0.4, 0.5) is 0 Å². The molecule has 2 nitrogen and oxygen atoms in total. The zero-order valence-electron chi connectivity index (χ0n) is 12.6. The molecule has 1 fully saturated rings. The fourth-order valence-electron chi connectivity index (χ4n) is 2.74. The van der Waals surface area contributed by atoms with Crippen molar-refractivity contribution in [2.45, 2.75) is 46.7 Å². The average Bonchev–Trinajstić information content (AvgIpc) is 2.76. The number of thiophene rings is 1. The largest absolute Gasteiger partial charge is 0.312 e. The van der Waals surface area contributed by atoms with Crippen molar-refractivity contribution in [3.05, 3.63) is 21.9 Å². The molecule has 1 atom stereocenters. The zero-order chi connectivity index (χ0) is 13.7. The van der Waals surface area contributed by atoms with Crippen LogP contribution in [0.2, 0.25) is 0 Å². The van der Waals surface area contributed by atoms with Crippen molar-refractivity contribution in [2.75, 3.05) is 19.6 Å². The molecule has 1 N–H and O–H groups in total. The fraction of sp³-hybridized carbons (Fsp3) is 0.750. The molecule has 0 aromatic carbocycles. The van der Waals surface area contributed by atoms with Crippen LogP contribution in [0, 0.1) is 11.8 Å². The molecule has 3 heteroatoms. The van der Waals surface area contributed by atoms with E-state index in [0.29, 0.717) is 0 Å². The van der Waals surface area contributed by atoms with Crippen LogP contribution in [0.25, 0.3) is 0 Å². The number of nitrogens with zero attached hydrogens (tertiary/aromatic N) is 1. The highest BCUT2D eigenvalue weighted by Crippen LogP contribution is 2.22. The lowest BCUT2D eigenvalue weighted by molar-refractivity contribution is 0.178. The molecule has 1 aliphatic rings. The molecule has 0 amide bonds. The summed E-state index contributed by atoms with van der Waals surface area (Å²) in [6, 6.07) is 4.61. The molecule has 2 rings (SSSR count). The first-order valence-electron chi connectivity index (χ1n) is 7.64. The Kier molecular flexibility index (Phi) is 5.86. The lowest BCUT2D eigenvalue weighted by Crippen LogP contribution is -2.33. The van der Waals surface area contributed by atoms with E-state index in [1.165, 1.54) is 35.7 Å². The molecule has 1 aromatic rings. The molecule has 0 aliphatic carbocycles. The monoisotopic (exact) mass is 280 g/mol. The van der Waals surface area contributed by atoms with E-state index in [-0.39, 0.29) is 0 Å². The normalized spacial score (nSPS) is 21.2. The second-order valence-electron chi connectivity index (χ2n) is 6.38. The fourth-order valence-corrected chi connectivity index (χ4v) is 3.77. The van der Waals surface area contributed by atoms with E-state index in [4.69, 9.17) is 0 Å². The number of rotatable bonds is 6. The maximum absolute atomic E-state index is 3.52. The van der Waals surface area contributed by atoms with Crippen LogP contribution in [0.5, 0.6) is 0 Å². The van der Waals surface area contributed by atoms with Crippen LogP contribution in [0.1, 0.15) is 43.4 Å². The van der Waals surface area contributed by atoms with Gasteiger partial charge in [0, 0.05) is 29.4 Å². The minimum Gasteiger partial charge on any atom is -0.312 e. The molecular formula is C16H28N2S. The molecule has 0 spiro atoms. The third-order valence-electron chi connectivity index (χ3n) is 3.69. The summed E-state index contributed by atoms with van der Waals surface area (Å²) in [5.41, 5.74) is 0. The molecule has 0 radical (unpaired) electrons. The van der Waals surface area contributed by atoms with Crippen LogP contribution in [0.3, 0.4) is 0 Å². The summed E-state index contributed by atoms with van der Waals surface area (Å²) < 4.78 is 0. The van der Waals surface area contributed by atoms with Gasteiger partial charge in [0.1, 0.15) is 0 Å². The number of piperidine rings is 1. The standard InChI is InChI=1S/C16H28N2S/c1-13(2)9-17-10-15-6-7-16(19-15)12-18-8-4-5-14(3)11-18/h6-7,13-14,17H,4-5,8-12H2,1-3H3. The molecule has 1 unspecified atom stereocenters. The van der Waals surface area contributed by atoms with E-state index < -0.39 is 0 Å². The number of nitrogens with one attached hydrogen (secondary N) is 1. The molecule has 1 aromatic heterocycles. The second kappa shape index (κ2) is 7.41. The first-order valence-corrected chi connectivity index (χ1v) is 8.46. The Labute approximate surface area is 122 Å². The van der Waals surface area contributed by atoms with Crippen molar-refractivity contribution >= 4 is 11.3 Å². The Hall–Kier alpha value is -0.380. The molecule has 19 heavy (non-hydrogen) atoms. The van der Waals surface area contributed by atoms with E-state index >= 15 is 0 Å². The summed E-state index contributed by atoms with van der Waals surface area (Å²) in [6.45, 7) is 12.7. The predicted molar refractivity (Wildman–Crippen MR) is 84.5 cm³/mol. The van der Waals surface area contributed by atoms with Gasteiger partial charge in [-0.2, -0.15) is 0 Å². The third-order valence-corrected chi connectivity index (χ3v) is 4.76. The lowest BCUT2D eigenvalue weighted by Gasteiger charge is -2.30. The van der Waals surface area contributed by atoms with Gasteiger partial charge in [0.25, 0.3) is 0 Å². The van der Waals surface area contributed by atoms with Gasteiger partial charge >= 0.3 is 0 Å². The van der Waals surface area contributed by atoms with Crippen LogP contribution in [-0.2, 0) is 13.1 Å². The minimum absolute atomic E-state index is 0.731. The van der Waals surface area contributed by atoms with Gasteiger partial charge < -0.3 is 5.32 Å². The minimum atomic E-state index is 0.731. The molecule has 1 saturated heterocycles. The van der Waals surface area contributed by atoms with Crippen molar-refractivity contribution in [1.29, 1.82) is 0 Å². The molecular weight excluding hydrogens is 252 g/mol. The van der Waals surface area contributed by atoms with Crippen LogP contribution in [-0.4, -0.2) is 24.5 Å². The Bertz CT molecular complexity index is 373. The van der Waals surface area contributed by atoms with E-state index in [1.807, 2.05) is 11.3 Å². The maximum Gasteiger partial charge on any atom is 0.0328 e. The summed E-state index contributed by atoms with van der Waals surface area (Å²) in [4.78, 5) is 5.61. The summed E-state index contributed by atoms with van der Waals surface area (Å²) in [5.74, 6) is 1.61. The smallest absolute Gasteiger partial charge is 0.0328 e. The van der Waals surface area contributed by atoms with E-state index in [2.05, 4.69) is 43.1 Å². The zero-order valence-corrected chi connectivity index (χ0v) is 13.4. The SMILES string of the molecule is CC(C)CNCc1ccc(CN2CCCC(C)C2)s1. The Morgan fingerprint density at radius 2 is 2.16 bits per heavy atom. The summed E-state index contributed by atoms with van der Waals surface area (Å²) in [5, 5.41) is 3.52. The van der Waals surface area contributed by atoms with Gasteiger partial charge in [0.05, 0.1) is 0 Å². The van der Waals surface area contributed by atoms with Crippen LogP contribution < -0.4 is 5.32 Å². The van der Waals surface area contributed by atoms with E-state index in [1.54, 1.807) is 0 Å². The quantitative estimate of drug-likeness (QED) is 0.854. The highest BCUT2D eigenvalue weighted by molar-refractivity contribution is 7.11. The average molecular weight is 280 g/mol. The van der Waals surface area contributed by atoms with Gasteiger partial charge in [-0.3, -0.25) is 4.90 Å². The summed E-state index contributed by atoms with van der Waals surface area (Å²) >= 11 is 1.98. The van der Waals surface area contributed by atoms with Gasteiger partial charge in [0.2, 0.25) is 0 Å². The Balaban J connectivity index is 1.77. The number of hydrogen-bond acceptors (Lipinski definition) is 3. The van der Waals surface area contributed by atoms with Crippen molar-refractivity contribution in [1.82, 2.24) is 10.2 Å². The third kappa shape index (κ3) is 5.25. The highest BCUT2D eigenvalue weighted by Gasteiger charge is 2.16. The summed E-state index contributed by atoms with van der Waals surface area (Å²) in [7, 11) is 0. The topological polar surface area (TPSA) is 15.3 Å². The first-order chi connectivity index (χ1) is 9.13. The van der Waals surface area contributed by atoms with Crippen LogP contribution in [0.15, 0.2) is 12.1 Å². The van der Waals surface area contributed by atoms with Gasteiger partial charge in [-0.25, -0.2) is 0 Å². The Morgan fingerprint density at radius 1 is 1.37 bits per heavy atom. The van der Waals surface area contributed by atoms with Gasteiger partial charge in [-0.05, 0) is 49.9 Å². The molecule has 1 aliphatic heterocycles. The van der Waals surface area contributed by atoms with E-state index in [0.717, 1.165) is 31.5 Å². The Morgan fingerprint density at radius 3 is 2.89 bits per heavy atom. The highest BCUT2D eigenvalue weighted by atomic mass is 32.1. The molecule has 0 bridgehead atoms. The molecule has 108 valence electrons. The second-order valence-corrected chi connectivity index (χ2v) is 7.63. The first kappa shape index (κ1) is 15.0. The number of hydrogen-bond donors (Lipinski definition) is 1. The van der Waals surface area contributed by atoms with Gasteiger partial charge in [0.15, 0.2) is 0 Å². The van der Waals surface area contributed by atoms with Gasteiger partial charge in [-0.1, -0.05) is 20.8 Å². The van der Waals surface area contributed by atoms with Crippen molar-refractivity contribution in [3.63, 3.8) is 0 Å². The lowest BCUT2D eigenvalue weighted by atomic mass is 10.0. The molecule has 2 heterocycles. The van der Waals surface area contributed by atoms with Crippen molar-refractivity contribution in [3.8, 4) is 0 Å². The maximum atomic E-state index is 3.52. The van der Waals surface area contributed by atoms with Crippen molar-refractivity contribution < 1.29 is 0 Å². The predicted octanol–water partition coefficient (Wildman–Crippen LogP) is 3.73. The van der Waals surface area contributed by atoms with Gasteiger partial charge in [-0.15, -0.1) is 11.3 Å². The molecule has 0 saturated carbocycles. The summed E-state index contributed by atoms with van der Waals surface area (Å²) in [6.07, 6.45) is 2.78.